The van der Waals surface area contributed by atoms with Crippen LogP contribution < -0.4 is 0 Å². The lowest BCUT2D eigenvalue weighted by Gasteiger charge is -2.09. The number of alkyl halides is 1. The van der Waals surface area contributed by atoms with Crippen molar-refractivity contribution in [2.75, 3.05) is 13.7 Å². The Labute approximate surface area is 129 Å². The van der Waals surface area contributed by atoms with Gasteiger partial charge in [-0.2, -0.15) is 0 Å². The first kappa shape index (κ1) is 14.8. The third-order valence-electron chi connectivity index (χ3n) is 2.59. The van der Waals surface area contributed by atoms with E-state index >= 15 is 0 Å². The number of nitrogens with zero attached hydrogens (tertiary/aromatic N) is 3. The van der Waals surface area contributed by atoms with Crippen LogP contribution >= 0.6 is 39.1 Å². The maximum absolute atomic E-state index is 6.02. The summed E-state index contributed by atoms with van der Waals surface area (Å²) in [5.74, 6) is 1.57. The lowest BCUT2D eigenvalue weighted by atomic mass is 10.2. The molecule has 1 heterocycles. The van der Waals surface area contributed by atoms with E-state index in [4.69, 9.17) is 27.9 Å². The van der Waals surface area contributed by atoms with Gasteiger partial charge in [-0.05, 0) is 18.2 Å². The van der Waals surface area contributed by atoms with Gasteiger partial charge in [-0.15, -0.1) is 10.2 Å². The fourth-order valence-corrected chi connectivity index (χ4v) is 2.69. The molecule has 0 aliphatic heterocycles. The second kappa shape index (κ2) is 6.70. The average Bonchev–Trinajstić information content (AvgIpc) is 2.77. The van der Waals surface area contributed by atoms with Crippen LogP contribution in [0.5, 0.6) is 0 Å². The molecule has 102 valence electrons. The van der Waals surface area contributed by atoms with Crippen LogP contribution in [0.2, 0.25) is 10.0 Å². The van der Waals surface area contributed by atoms with Gasteiger partial charge in [-0.3, -0.25) is 0 Å². The number of rotatable bonds is 5. The Bertz CT molecular complexity index is 554. The third-order valence-corrected chi connectivity index (χ3v) is 3.52. The Balaban J connectivity index is 2.45. The number of ether oxygens (including phenoxy) is 1. The summed E-state index contributed by atoms with van der Waals surface area (Å²) in [6, 6.07) is 5.32. The summed E-state index contributed by atoms with van der Waals surface area (Å²) in [5, 5.41) is 10.1. The first-order chi connectivity index (χ1) is 9.15. The lowest BCUT2D eigenvalue weighted by Crippen LogP contribution is -2.09. The molecule has 0 N–H and O–H groups in total. The summed E-state index contributed by atoms with van der Waals surface area (Å²) < 4.78 is 7.10. The molecule has 1 aromatic carbocycles. The summed E-state index contributed by atoms with van der Waals surface area (Å²) in [4.78, 5) is 0. The van der Waals surface area contributed by atoms with Crippen LogP contribution in [0.4, 0.5) is 0 Å². The molecule has 0 saturated heterocycles. The highest BCUT2D eigenvalue weighted by Crippen LogP contribution is 2.27. The number of hydrogen-bond acceptors (Lipinski definition) is 3. The largest absolute Gasteiger partial charge is 0.383 e. The van der Waals surface area contributed by atoms with E-state index in [1.807, 2.05) is 16.7 Å². The van der Waals surface area contributed by atoms with E-state index in [2.05, 4.69) is 26.1 Å². The predicted octanol–water partition coefficient (Wildman–Crippen LogP) is 3.79. The number of hydrogen-bond donors (Lipinski definition) is 0. The summed E-state index contributed by atoms with van der Waals surface area (Å²) in [7, 11) is 1.66. The average molecular weight is 365 g/mol. The van der Waals surface area contributed by atoms with Gasteiger partial charge in [0, 0.05) is 29.3 Å². The molecule has 4 nitrogen and oxygen atoms in total. The molecule has 1 aromatic heterocycles. The number of halogens is 3. The molecule has 0 atom stereocenters. The predicted molar refractivity (Wildman–Crippen MR) is 80.0 cm³/mol. The zero-order chi connectivity index (χ0) is 13.8. The highest BCUT2D eigenvalue weighted by Gasteiger charge is 2.13. The molecule has 0 bridgehead atoms. The van der Waals surface area contributed by atoms with Gasteiger partial charge in [0.25, 0.3) is 0 Å². The first-order valence-corrected chi connectivity index (χ1v) is 7.47. The number of methoxy groups -OCH3 is 1. The highest BCUT2D eigenvalue weighted by molar-refractivity contribution is 9.08. The Morgan fingerprint density at radius 2 is 1.89 bits per heavy atom. The molecular formula is C12H12BrCl2N3O. The molecule has 0 spiro atoms. The molecule has 0 fully saturated rings. The molecule has 0 amide bonds. The van der Waals surface area contributed by atoms with Crippen LogP contribution in [-0.2, 0) is 16.6 Å². The fraction of sp³-hybridized carbons (Fsp3) is 0.333. The molecule has 7 heteroatoms. The van der Waals surface area contributed by atoms with Crippen LogP contribution in [0.3, 0.4) is 0 Å². The SMILES string of the molecule is COCCn1c(CBr)nnc1-c1cc(Cl)cc(Cl)c1. The lowest BCUT2D eigenvalue weighted by molar-refractivity contribution is 0.187. The van der Waals surface area contributed by atoms with Gasteiger partial charge >= 0.3 is 0 Å². The van der Waals surface area contributed by atoms with Gasteiger partial charge in [0.15, 0.2) is 5.82 Å². The van der Waals surface area contributed by atoms with E-state index in [1.165, 1.54) is 0 Å². The van der Waals surface area contributed by atoms with Crippen molar-refractivity contribution in [3.63, 3.8) is 0 Å². The van der Waals surface area contributed by atoms with Crippen LogP contribution in [0, 0.1) is 0 Å². The zero-order valence-electron chi connectivity index (χ0n) is 10.2. The molecule has 0 saturated carbocycles. The van der Waals surface area contributed by atoms with E-state index in [0.29, 0.717) is 28.5 Å². The van der Waals surface area contributed by atoms with Gasteiger partial charge in [0.1, 0.15) is 5.82 Å². The van der Waals surface area contributed by atoms with Crippen molar-refractivity contribution in [1.82, 2.24) is 14.8 Å². The third kappa shape index (κ3) is 3.48. The van der Waals surface area contributed by atoms with Crippen molar-refractivity contribution in [1.29, 1.82) is 0 Å². The Hall–Kier alpha value is -0.620. The number of benzene rings is 1. The molecule has 0 unspecified atom stereocenters. The monoisotopic (exact) mass is 363 g/mol. The topological polar surface area (TPSA) is 39.9 Å². The molecule has 2 aromatic rings. The molecule has 0 aliphatic rings. The summed E-state index contributed by atoms with van der Waals surface area (Å²) in [6.07, 6.45) is 0. The van der Waals surface area contributed by atoms with E-state index in [9.17, 15) is 0 Å². The molecule has 19 heavy (non-hydrogen) atoms. The second-order valence-electron chi connectivity index (χ2n) is 3.88. The quantitative estimate of drug-likeness (QED) is 0.757. The summed E-state index contributed by atoms with van der Waals surface area (Å²) in [6.45, 7) is 1.25. The molecular weight excluding hydrogens is 353 g/mol. The van der Waals surface area contributed by atoms with Gasteiger partial charge in [-0.1, -0.05) is 39.1 Å². The van der Waals surface area contributed by atoms with Crippen LogP contribution in [0.1, 0.15) is 5.82 Å². The van der Waals surface area contributed by atoms with Crippen LogP contribution in [-0.4, -0.2) is 28.5 Å². The van der Waals surface area contributed by atoms with Crippen molar-refractivity contribution in [3.05, 3.63) is 34.1 Å². The van der Waals surface area contributed by atoms with Gasteiger partial charge in [-0.25, -0.2) is 0 Å². The second-order valence-corrected chi connectivity index (χ2v) is 5.31. The fourth-order valence-electron chi connectivity index (χ4n) is 1.75. The molecule has 0 radical (unpaired) electrons. The van der Waals surface area contributed by atoms with Crippen molar-refractivity contribution < 1.29 is 4.74 Å². The summed E-state index contributed by atoms with van der Waals surface area (Å²) >= 11 is 15.4. The summed E-state index contributed by atoms with van der Waals surface area (Å²) in [5.41, 5.74) is 0.841. The van der Waals surface area contributed by atoms with Crippen molar-refractivity contribution in [2.45, 2.75) is 11.9 Å². The van der Waals surface area contributed by atoms with Crippen molar-refractivity contribution >= 4 is 39.1 Å². The maximum Gasteiger partial charge on any atom is 0.164 e. The number of aromatic nitrogens is 3. The molecule has 0 aliphatic carbocycles. The van der Waals surface area contributed by atoms with Crippen molar-refractivity contribution in [2.24, 2.45) is 0 Å². The van der Waals surface area contributed by atoms with Crippen LogP contribution in [0.25, 0.3) is 11.4 Å². The maximum atomic E-state index is 6.02. The minimum atomic E-state index is 0.573. The van der Waals surface area contributed by atoms with Gasteiger partial charge < -0.3 is 9.30 Å². The van der Waals surface area contributed by atoms with E-state index in [0.717, 1.165) is 17.2 Å². The normalized spacial score (nSPS) is 10.9. The van der Waals surface area contributed by atoms with E-state index in [1.54, 1.807) is 13.2 Å². The van der Waals surface area contributed by atoms with Crippen LogP contribution in [0.15, 0.2) is 18.2 Å². The van der Waals surface area contributed by atoms with E-state index in [-0.39, 0.29) is 0 Å². The Morgan fingerprint density at radius 3 is 2.47 bits per heavy atom. The van der Waals surface area contributed by atoms with Crippen molar-refractivity contribution in [3.8, 4) is 11.4 Å². The first-order valence-electron chi connectivity index (χ1n) is 5.59. The minimum Gasteiger partial charge on any atom is -0.383 e. The van der Waals surface area contributed by atoms with E-state index < -0.39 is 0 Å². The standard InChI is InChI=1S/C12H12BrCl2N3O/c1-19-3-2-18-11(7-13)16-17-12(18)8-4-9(14)6-10(15)5-8/h4-6H,2-3,7H2,1H3. The van der Waals surface area contributed by atoms with Gasteiger partial charge in [0.2, 0.25) is 0 Å². The highest BCUT2D eigenvalue weighted by atomic mass is 79.9. The Morgan fingerprint density at radius 1 is 1.21 bits per heavy atom. The zero-order valence-corrected chi connectivity index (χ0v) is 13.3. The molecule has 2 rings (SSSR count). The smallest absolute Gasteiger partial charge is 0.164 e. The Kier molecular flexibility index (Phi) is 5.21. The van der Waals surface area contributed by atoms with Gasteiger partial charge in [0.05, 0.1) is 11.9 Å². The minimum absolute atomic E-state index is 0.573.